The Morgan fingerprint density at radius 2 is 1.93 bits per heavy atom. The van der Waals surface area contributed by atoms with Crippen molar-refractivity contribution in [3.8, 4) is 0 Å². The summed E-state index contributed by atoms with van der Waals surface area (Å²) in [5.41, 5.74) is 2.09. The first-order chi connectivity index (χ1) is 14.7. The third-order valence-electron chi connectivity index (χ3n) is 6.56. The van der Waals surface area contributed by atoms with Gasteiger partial charge in [-0.15, -0.1) is 0 Å². The van der Waals surface area contributed by atoms with Crippen molar-refractivity contribution in [2.75, 3.05) is 42.6 Å². The van der Waals surface area contributed by atoms with Crippen LogP contribution in [0.4, 0.5) is 11.8 Å². The van der Waals surface area contributed by atoms with Crippen molar-refractivity contribution in [2.24, 2.45) is 5.41 Å². The van der Waals surface area contributed by atoms with E-state index < -0.39 is 0 Å². The summed E-state index contributed by atoms with van der Waals surface area (Å²) in [6.45, 7) is 3.90. The summed E-state index contributed by atoms with van der Waals surface area (Å²) in [5, 5.41) is 20.2. The SMILES string of the molecule is OCCn1c(N2CCC3(CC2)CC(O)CN(c2cnccn2)C3)nc2ccccc21. The Labute approximate surface area is 175 Å². The van der Waals surface area contributed by atoms with Crippen LogP contribution in [0.3, 0.4) is 0 Å². The molecule has 2 saturated heterocycles. The second-order valence-electron chi connectivity index (χ2n) is 8.56. The number of aliphatic hydroxyl groups excluding tert-OH is 2. The third kappa shape index (κ3) is 3.50. The highest BCUT2D eigenvalue weighted by Crippen LogP contribution is 2.42. The van der Waals surface area contributed by atoms with Gasteiger partial charge < -0.3 is 24.6 Å². The van der Waals surface area contributed by atoms with Gasteiger partial charge in [-0.05, 0) is 36.8 Å². The zero-order chi connectivity index (χ0) is 20.6. The van der Waals surface area contributed by atoms with Gasteiger partial charge in [-0.2, -0.15) is 0 Å². The fraction of sp³-hybridized carbons (Fsp3) is 0.500. The Bertz CT molecular complexity index is 999. The van der Waals surface area contributed by atoms with E-state index in [4.69, 9.17) is 4.98 Å². The molecule has 1 atom stereocenters. The minimum atomic E-state index is -0.355. The fourth-order valence-corrected chi connectivity index (χ4v) is 5.15. The quantitative estimate of drug-likeness (QED) is 0.679. The molecule has 2 aromatic heterocycles. The predicted octanol–water partition coefficient (Wildman–Crippen LogP) is 1.68. The number of imidazole rings is 1. The number of hydrogen-bond acceptors (Lipinski definition) is 7. The van der Waals surface area contributed by atoms with Gasteiger partial charge in [-0.3, -0.25) is 4.98 Å². The Morgan fingerprint density at radius 1 is 1.10 bits per heavy atom. The summed E-state index contributed by atoms with van der Waals surface area (Å²) in [6.07, 6.45) is 7.61. The highest BCUT2D eigenvalue weighted by Gasteiger charge is 2.42. The number of piperidine rings is 2. The van der Waals surface area contributed by atoms with Gasteiger partial charge >= 0.3 is 0 Å². The first-order valence-electron chi connectivity index (χ1n) is 10.7. The van der Waals surface area contributed by atoms with Crippen LogP contribution in [0.25, 0.3) is 11.0 Å². The number of rotatable bonds is 4. The number of para-hydroxylation sites is 2. The average molecular weight is 409 g/mol. The molecule has 158 valence electrons. The Kier molecular flexibility index (Phi) is 5.04. The molecule has 1 aromatic carbocycles. The van der Waals surface area contributed by atoms with E-state index in [0.29, 0.717) is 13.1 Å². The molecule has 2 fully saturated rings. The fourth-order valence-electron chi connectivity index (χ4n) is 5.15. The molecule has 3 aromatic rings. The standard InChI is InChI=1S/C22H28N6O2/c29-12-11-28-19-4-2-1-3-18(19)25-21(28)26-9-5-22(6-10-26)13-17(30)15-27(16-22)20-14-23-7-8-24-20/h1-4,7-8,14,17,29-30H,5-6,9-13,15-16H2. The third-order valence-corrected chi connectivity index (χ3v) is 6.56. The number of aromatic nitrogens is 4. The summed E-state index contributed by atoms with van der Waals surface area (Å²) >= 11 is 0. The van der Waals surface area contributed by atoms with Crippen molar-refractivity contribution in [3.05, 3.63) is 42.9 Å². The highest BCUT2D eigenvalue weighted by atomic mass is 16.3. The maximum Gasteiger partial charge on any atom is 0.206 e. The van der Waals surface area contributed by atoms with Crippen molar-refractivity contribution >= 4 is 22.8 Å². The lowest BCUT2D eigenvalue weighted by Crippen LogP contribution is -2.54. The van der Waals surface area contributed by atoms with E-state index in [1.54, 1.807) is 18.6 Å². The van der Waals surface area contributed by atoms with E-state index in [1.807, 2.05) is 18.2 Å². The maximum atomic E-state index is 10.6. The molecule has 30 heavy (non-hydrogen) atoms. The van der Waals surface area contributed by atoms with Gasteiger partial charge in [0.25, 0.3) is 0 Å². The smallest absolute Gasteiger partial charge is 0.206 e. The lowest BCUT2D eigenvalue weighted by Gasteiger charge is -2.49. The van der Waals surface area contributed by atoms with Gasteiger partial charge in [0.1, 0.15) is 5.82 Å². The topological polar surface area (TPSA) is 90.5 Å². The van der Waals surface area contributed by atoms with Crippen LogP contribution in [0.1, 0.15) is 19.3 Å². The van der Waals surface area contributed by atoms with Crippen LogP contribution in [0.15, 0.2) is 42.9 Å². The molecule has 0 amide bonds. The van der Waals surface area contributed by atoms with Crippen molar-refractivity contribution in [1.82, 2.24) is 19.5 Å². The van der Waals surface area contributed by atoms with E-state index in [2.05, 4.69) is 30.4 Å². The molecule has 2 aliphatic rings. The molecular formula is C22H28N6O2. The lowest BCUT2D eigenvalue weighted by atomic mass is 9.71. The number of benzene rings is 1. The molecular weight excluding hydrogens is 380 g/mol. The van der Waals surface area contributed by atoms with Crippen molar-refractivity contribution in [3.63, 3.8) is 0 Å². The molecule has 0 aliphatic carbocycles. The van der Waals surface area contributed by atoms with Crippen LogP contribution in [0, 0.1) is 5.41 Å². The van der Waals surface area contributed by atoms with Crippen LogP contribution in [-0.4, -0.2) is 68.6 Å². The molecule has 0 radical (unpaired) electrons. The number of fused-ring (bicyclic) bond motifs is 1. The van der Waals surface area contributed by atoms with E-state index in [-0.39, 0.29) is 18.1 Å². The highest BCUT2D eigenvalue weighted by molar-refractivity contribution is 5.78. The zero-order valence-electron chi connectivity index (χ0n) is 17.1. The van der Waals surface area contributed by atoms with Crippen molar-refractivity contribution in [2.45, 2.75) is 31.9 Å². The molecule has 8 heteroatoms. The summed E-state index contributed by atoms with van der Waals surface area (Å²) < 4.78 is 2.12. The Hall–Kier alpha value is -2.71. The maximum absolute atomic E-state index is 10.6. The van der Waals surface area contributed by atoms with Crippen LogP contribution < -0.4 is 9.80 Å². The first-order valence-corrected chi connectivity index (χ1v) is 10.7. The van der Waals surface area contributed by atoms with Gasteiger partial charge in [-0.25, -0.2) is 9.97 Å². The van der Waals surface area contributed by atoms with Gasteiger partial charge in [0.15, 0.2) is 0 Å². The lowest BCUT2D eigenvalue weighted by molar-refractivity contribution is 0.0592. The molecule has 2 aliphatic heterocycles. The van der Waals surface area contributed by atoms with Crippen molar-refractivity contribution in [1.29, 1.82) is 0 Å². The monoisotopic (exact) mass is 408 g/mol. The van der Waals surface area contributed by atoms with Crippen LogP contribution in [0.2, 0.25) is 0 Å². The molecule has 1 spiro atoms. The van der Waals surface area contributed by atoms with Gasteiger partial charge in [-0.1, -0.05) is 12.1 Å². The number of hydrogen-bond donors (Lipinski definition) is 2. The second-order valence-corrected chi connectivity index (χ2v) is 8.56. The van der Waals surface area contributed by atoms with E-state index in [0.717, 1.165) is 61.7 Å². The molecule has 8 nitrogen and oxygen atoms in total. The summed E-state index contributed by atoms with van der Waals surface area (Å²) in [7, 11) is 0. The molecule has 1 unspecified atom stereocenters. The van der Waals surface area contributed by atoms with E-state index in [9.17, 15) is 10.2 Å². The van der Waals surface area contributed by atoms with E-state index in [1.165, 1.54) is 0 Å². The minimum Gasteiger partial charge on any atom is -0.395 e. The van der Waals surface area contributed by atoms with Gasteiger partial charge in [0.05, 0.1) is 29.9 Å². The molecule has 2 N–H and O–H groups in total. The molecule has 5 rings (SSSR count). The van der Waals surface area contributed by atoms with Crippen molar-refractivity contribution < 1.29 is 10.2 Å². The predicted molar refractivity (Wildman–Crippen MR) is 116 cm³/mol. The normalized spacial score (nSPS) is 21.5. The Balaban J connectivity index is 1.36. The molecule has 4 heterocycles. The second kappa shape index (κ2) is 7.85. The summed E-state index contributed by atoms with van der Waals surface area (Å²) in [5.74, 6) is 1.77. The van der Waals surface area contributed by atoms with Gasteiger partial charge in [0, 0.05) is 45.1 Å². The number of nitrogens with zero attached hydrogens (tertiary/aromatic N) is 6. The summed E-state index contributed by atoms with van der Waals surface area (Å²) in [4.78, 5) is 18.0. The van der Waals surface area contributed by atoms with Gasteiger partial charge in [0.2, 0.25) is 5.95 Å². The average Bonchev–Trinajstić information content (AvgIpc) is 3.13. The van der Waals surface area contributed by atoms with Crippen LogP contribution in [-0.2, 0) is 6.54 Å². The largest absolute Gasteiger partial charge is 0.395 e. The zero-order valence-corrected chi connectivity index (χ0v) is 17.1. The van der Waals surface area contributed by atoms with Crippen LogP contribution in [0.5, 0.6) is 0 Å². The summed E-state index contributed by atoms with van der Waals surface area (Å²) in [6, 6.07) is 8.09. The van der Waals surface area contributed by atoms with E-state index >= 15 is 0 Å². The van der Waals surface area contributed by atoms with Crippen LogP contribution >= 0.6 is 0 Å². The first kappa shape index (κ1) is 19.3. The number of β-amino-alcohol motifs (C(OH)–C–C–N with tert-alkyl or cyclic N) is 1. The molecule has 0 saturated carbocycles. The molecule has 0 bridgehead atoms. The number of aliphatic hydroxyl groups is 2. The Morgan fingerprint density at radius 3 is 2.70 bits per heavy atom. The number of anilines is 2. The minimum absolute atomic E-state index is 0.0690.